The first-order valence-electron chi connectivity index (χ1n) is 5.52. The topological polar surface area (TPSA) is 9.23 Å². The molecule has 0 aliphatic rings. The maximum atomic E-state index is 6.14. The molecule has 0 aliphatic heterocycles. The van der Waals surface area contributed by atoms with Crippen molar-refractivity contribution < 1.29 is 4.43 Å². The van der Waals surface area contributed by atoms with E-state index in [4.69, 9.17) is 10.8 Å². The van der Waals surface area contributed by atoms with Crippen LogP contribution in [0.5, 0.6) is 5.75 Å². The minimum atomic E-state index is -1.72. The normalized spacial score (nSPS) is 12.0. The molecule has 0 saturated carbocycles. The number of terminal acetylenes is 1. The van der Waals surface area contributed by atoms with E-state index in [9.17, 15) is 0 Å². The number of hydrogen-bond acceptors (Lipinski definition) is 1. The third-order valence-corrected chi connectivity index (χ3v) is 7.56. The van der Waals surface area contributed by atoms with Gasteiger partial charge in [-0.1, -0.05) is 26.7 Å². The summed E-state index contributed by atoms with van der Waals surface area (Å²) in [5.41, 5.74) is 0.891. The molecule has 0 amide bonds. The number of benzene rings is 1. The zero-order valence-corrected chi connectivity index (χ0v) is 11.8. The first-order chi connectivity index (χ1) is 7.26. The zero-order chi connectivity index (χ0) is 12.4. The summed E-state index contributed by atoms with van der Waals surface area (Å²) in [6, 6.07) is 7.75. The van der Waals surface area contributed by atoms with E-state index in [1.165, 1.54) is 0 Å². The molecular formula is C14H20OSi. The van der Waals surface area contributed by atoms with Crippen LogP contribution in [0.15, 0.2) is 24.3 Å². The van der Waals surface area contributed by atoms with E-state index in [0.717, 1.165) is 11.3 Å². The zero-order valence-electron chi connectivity index (χ0n) is 10.8. The van der Waals surface area contributed by atoms with Gasteiger partial charge in [0.15, 0.2) is 0 Å². The highest BCUT2D eigenvalue weighted by molar-refractivity contribution is 6.74. The summed E-state index contributed by atoms with van der Waals surface area (Å²) in [5, 5.41) is 0.220. The fourth-order valence-corrected chi connectivity index (χ4v) is 2.10. The second kappa shape index (κ2) is 4.35. The Labute approximate surface area is 100.0 Å². The van der Waals surface area contributed by atoms with Gasteiger partial charge in [-0.2, -0.15) is 0 Å². The maximum absolute atomic E-state index is 6.14. The fraction of sp³-hybridized carbons (Fsp3) is 0.429. The molecule has 1 aromatic rings. The molecule has 0 aromatic heterocycles. The quantitative estimate of drug-likeness (QED) is 0.552. The van der Waals surface area contributed by atoms with E-state index in [2.05, 4.69) is 39.8 Å². The Morgan fingerprint density at radius 3 is 2.00 bits per heavy atom. The SMILES string of the molecule is C#Cc1ccc(O[Si](C)(C)C(C)(C)C)cc1. The lowest BCUT2D eigenvalue weighted by atomic mass is 10.2. The van der Waals surface area contributed by atoms with Crippen LogP contribution in [0.4, 0.5) is 0 Å². The molecule has 1 nitrogen and oxygen atoms in total. The van der Waals surface area contributed by atoms with Crippen molar-refractivity contribution in [3.63, 3.8) is 0 Å². The minimum Gasteiger partial charge on any atom is -0.544 e. The van der Waals surface area contributed by atoms with Crippen LogP contribution in [-0.2, 0) is 0 Å². The first-order valence-corrected chi connectivity index (χ1v) is 8.43. The smallest absolute Gasteiger partial charge is 0.250 e. The van der Waals surface area contributed by atoms with Gasteiger partial charge < -0.3 is 4.43 Å². The van der Waals surface area contributed by atoms with Gasteiger partial charge in [0.05, 0.1) is 0 Å². The van der Waals surface area contributed by atoms with Gasteiger partial charge in [-0.3, -0.25) is 0 Å². The summed E-state index contributed by atoms with van der Waals surface area (Å²) in [6.07, 6.45) is 5.31. The second-order valence-corrected chi connectivity index (χ2v) is 10.3. The van der Waals surface area contributed by atoms with Gasteiger partial charge in [0.25, 0.3) is 0 Å². The van der Waals surface area contributed by atoms with Crippen LogP contribution >= 0.6 is 0 Å². The molecule has 2 heteroatoms. The van der Waals surface area contributed by atoms with E-state index in [1.54, 1.807) is 0 Å². The molecule has 0 unspecified atom stereocenters. The molecule has 0 saturated heterocycles. The standard InChI is InChI=1S/C14H20OSi/c1-7-12-8-10-13(11-9-12)15-16(5,6)14(2,3)4/h1,8-11H,2-6H3. The van der Waals surface area contributed by atoms with E-state index < -0.39 is 8.32 Å². The van der Waals surface area contributed by atoms with Crippen molar-refractivity contribution in [3.05, 3.63) is 29.8 Å². The molecule has 0 atom stereocenters. The van der Waals surface area contributed by atoms with Crippen LogP contribution in [0.2, 0.25) is 18.1 Å². The molecule has 0 spiro atoms. The van der Waals surface area contributed by atoms with Gasteiger partial charge in [0, 0.05) is 5.56 Å². The van der Waals surface area contributed by atoms with Crippen LogP contribution in [0.1, 0.15) is 26.3 Å². The Kier molecular flexibility index (Phi) is 3.50. The summed E-state index contributed by atoms with van der Waals surface area (Å²) >= 11 is 0. The molecule has 0 radical (unpaired) electrons. The lowest BCUT2D eigenvalue weighted by Crippen LogP contribution is -2.43. The van der Waals surface area contributed by atoms with Crippen LogP contribution in [0, 0.1) is 12.3 Å². The molecular weight excluding hydrogens is 212 g/mol. The molecule has 0 aliphatic carbocycles. The lowest BCUT2D eigenvalue weighted by Gasteiger charge is -2.36. The Morgan fingerprint density at radius 1 is 1.12 bits per heavy atom. The molecule has 16 heavy (non-hydrogen) atoms. The van der Waals surface area contributed by atoms with E-state index >= 15 is 0 Å². The first kappa shape index (κ1) is 12.9. The average Bonchev–Trinajstić information content (AvgIpc) is 2.16. The van der Waals surface area contributed by atoms with Crippen LogP contribution in [0.25, 0.3) is 0 Å². The van der Waals surface area contributed by atoms with Gasteiger partial charge in [-0.25, -0.2) is 0 Å². The largest absolute Gasteiger partial charge is 0.544 e. The van der Waals surface area contributed by atoms with Crippen molar-refractivity contribution in [1.82, 2.24) is 0 Å². The molecule has 86 valence electrons. The molecule has 0 heterocycles. The fourth-order valence-electron chi connectivity index (χ4n) is 1.07. The van der Waals surface area contributed by atoms with Crippen LogP contribution in [0.3, 0.4) is 0 Å². The summed E-state index contributed by atoms with van der Waals surface area (Å²) in [7, 11) is -1.72. The van der Waals surface area contributed by atoms with Crippen LogP contribution in [-0.4, -0.2) is 8.32 Å². The highest BCUT2D eigenvalue weighted by Gasteiger charge is 2.38. The third-order valence-electron chi connectivity index (χ3n) is 3.20. The predicted molar refractivity (Wildman–Crippen MR) is 72.2 cm³/mol. The van der Waals surface area contributed by atoms with Crippen molar-refractivity contribution in [1.29, 1.82) is 0 Å². The summed E-state index contributed by atoms with van der Waals surface area (Å²) in [5.74, 6) is 3.52. The summed E-state index contributed by atoms with van der Waals surface area (Å²) in [6.45, 7) is 11.2. The van der Waals surface area contributed by atoms with Crippen molar-refractivity contribution >= 4 is 8.32 Å². The monoisotopic (exact) mass is 232 g/mol. The van der Waals surface area contributed by atoms with Gasteiger partial charge in [-0.05, 0) is 42.4 Å². The number of hydrogen-bond donors (Lipinski definition) is 0. The average molecular weight is 232 g/mol. The molecule has 1 aromatic carbocycles. The maximum Gasteiger partial charge on any atom is 0.250 e. The molecule has 0 fully saturated rings. The van der Waals surface area contributed by atoms with E-state index in [1.807, 2.05) is 24.3 Å². The number of rotatable bonds is 2. The lowest BCUT2D eigenvalue weighted by molar-refractivity contribution is 0.492. The highest BCUT2D eigenvalue weighted by Crippen LogP contribution is 2.37. The summed E-state index contributed by atoms with van der Waals surface area (Å²) in [4.78, 5) is 0. The van der Waals surface area contributed by atoms with Crippen molar-refractivity contribution in [2.45, 2.75) is 38.9 Å². The molecule has 0 N–H and O–H groups in total. The Hall–Kier alpha value is -1.20. The van der Waals surface area contributed by atoms with Crippen molar-refractivity contribution in [2.75, 3.05) is 0 Å². The van der Waals surface area contributed by atoms with Crippen molar-refractivity contribution in [3.8, 4) is 18.1 Å². The third kappa shape index (κ3) is 2.90. The van der Waals surface area contributed by atoms with Crippen molar-refractivity contribution in [2.24, 2.45) is 0 Å². The van der Waals surface area contributed by atoms with Gasteiger partial charge in [0.1, 0.15) is 5.75 Å². The Morgan fingerprint density at radius 2 is 1.62 bits per heavy atom. The highest BCUT2D eigenvalue weighted by atomic mass is 28.4. The predicted octanol–water partition coefficient (Wildman–Crippen LogP) is 4.05. The Balaban J connectivity index is 2.85. The van der Waals surface area contributed by atoms with Gasteiger partial charge >= 0.3 is 0 Å². The Bertz CT molecular complexity index is 390. The van der Waals surface area contributed by atoms with Gasteiger partial charge in [0.2, 0.25) is 8.32 Å². The summed E-state index contributed by atoms with van der Waals surface area (Å²) < 4.78 is 6.14. The minimum absolute atomic E-state index is 0.220. The molecule has 1 rings (SSSR count). The van der Waals surface area contributed by atoms with E-state index in [0.29, 0.717) is 0 Å². The van der Waals surface area contributed by atoms with Gasteiger partial charge in [-0.15, -0.1) is 6.42 Å². The van der Waals surface area contributed by atoms with Crippen LogP contribution < -0.4 is 4.43 Å². The second-order valence-electron chi connectivity index (χ2n) is 5.53. The molecule has 0 bridgehead atoms. The van der Waals surface area contributed by atoms with E-state index in [-0.39, 0.29) is 5.04 Å².